The summed E-state index contributed by atoms with van der Waals surface area (Å²) in [4.78, 5) is 17.4. The van der Waals surface area contributed by atoms with Crippen LogP contribution in [0.4, 0.5) is 5.69 Å². The third-order valence-electron chi connectivity index (χ3n) is 5.13. The molecule has 0 radical (unpaired) electrons. The largest absolute Gasteiger partial charge is 0.491 e. The maximum atomic E-state index is 12.9. The summed E-state index contributed by atoms with van der Waals surface area (Å²) < 4.78 is 11.0. The van der Waals surface area contributed by atoms with Crippen molar-refractivity contribution in [1.29, 1.82) is 0 Å². The van der Waals surface area contributed by atoms with Crippen LogP contribution < -0.4 is 10.5 Å². The summed E-state index contributed by atoms with van der Waals surface area (Å²) >= 11 is 0. The molecule has 4 rings (SSSR count). The number of anilines is 1. The van der Waals surface area contributed by atoms with Gasteiger partial charge in [-0.05, 0) is 18.6 Å². The molecule has 2 N–H and O–H groups in total. The lowest BCUT2D eigenvalue weighted by Crippen LogP contribution is -2.45. The van der Waals surface area contributed by atoms with Gasteiger partial charge in [0.25, 0.3) is 5.91 Å². The molecular weight excluding hydrogens is 294 g/mol. The summed E-state index contributed by atoms with van der Waals surface area (Å²) in [6, 6.07) is 4.10. The first-order chi connectivity index (χ1) is 11.2. The first-order valence-corrected chi connectivity index (χ1v) is 8.39. The van der Waals surface area contributed by atoms with Gasteiger partial charge < -0.3 is 20.1 Å². The highest BCUT2D eigenvalue weighted by molar-refractivity contribution is 5.97. The van der Waals surface area contributed by atoms with E-state index in [1.807, 2.05) is 11.0 Å². The Morgan fingerprint density at radius 1 is 1.17 bits per heavy atom. The SMILES string of the molecule is Nc1ccc(C(=O)N2CCC(N3CCOCC3)C2)c2c1OCC2. The number of carbonyl (C=O) groups is 1. The molecule has 0 saturated carbocycles. The highest BCUT2D eigenvalue weighted by atomic mass is 16.5. The second kappa shape index (κ2) is 6.02. The van der Waals surface area contributed by atoms with Crippen LogP contribution in [0.3, 0.4) is 0 Å². The molecule has 0 bridgehead atoms. The molecule has 3 aliphatic heterocycles. The molecule has 0 aliphatic carbocycles. The fourth-order valence-electron chi connectivity index (χ4n) is 3.86. The highest BCUT2D eigenvalue weighted by Crippen LogP contribution is 2.35. The van der Waals surface area contributed by atoms with Crippen molar-refractivity contribution in [3.8, 4) is 5.75 Å². The maximum Gasteiger partial charge on any atom is 0.254 e. The summed E-state index contributed by atoms with van der Waals surface area (Å²) in [6.45, 7) is 5.77. The minimum absolute atomic E-state index is 0.113. The smallest absolute Gasteiger partial charge is 0.254 e. The summed E-state index contributed by atoms with van der Waals surface area (Å²) in [5.41, 5.74) is 8.31. The van der Waals surface area contributed by atoms with E-state index in [2.05, 4.69) is 4.90 Å². The topological polar surface area (TPSA) is 68.0 Å². The van der Waals surface area contributed by atoms with Crippen molar-refractivity contribution < 1.29 is 14.3 Å². The third-order valence-corrected chi connectivity index (χ3v) is 5.13. The summed E-state index contributed by atoms with van der Waals surface area (Å²) in [5.74, 6) is 0.822. The van der Waals surface area contributed by atoms with Crippen molar-refractivity contribution >= 4 is 11.6 Å². The van der Waals surface area contributed by atoms with Crippen LogP contribution in [0.5, 0.6) is 5.75 Å². The number of fused-ring (bicyclic) bond motifs is 1. The van der Waals surface area contributed by atoms with Crippen molar-refractivity contribution in [2.45, 2.75) is 18.9 Å². The van der Waals surface area contributed by atoms with Crippen molar-refractivity contribution in [3.63, 3.8) is 0 Å². The number of rotatable bonds is 2. The molecule has 6 nitrogen and oxygen atoms in total. The highest BCUT2D eigenvalue weighted by Gasteiger charge is 2.33. The summed E-state index contributed by atoms with van der Waals surface area (Å²) in [5, 5.41) is 0. The lowest BCUT2D eigenvalue weighted by Gasteiger charge is -2.32. The molecule has 2 saturated heterocycles. The molecule has 1 unspecified atom stereocenters. The van der Waals surface area contributed by atoms with Gasteiger partial charge in [-0.3, -0.25) is 9.69 Å². The van der Waals surface area contributed by atoms with Crippen LogP contribution in [0, 0.1) is 0 Å². The third kappa shape index (κ3) is 2.66. The van der Waals surface area contributed by atoms with Crippen LogP contribution in [0.1, 0.15) is 22.3 Å². The lowest BCUT2D eigenvalue weighted by molar-refractivity contribution is 0.0185. The molecule has 3 aliphatic rings. The van der Waals surface area contributed by atoms with E-state index >= 15 is 0 Å². The average molecular weight is 317 g/mol. The zero-order valence-electron chi connectivity index (χ0n) is 13.3. The number of hydrogen-bond donors (Lipinski definition) is 1. The molecule has 23 heavy (non-hydrogen) atoms. The Balaban J connectivity index is 1.49. The van der Waals surface area contributed by atoms with E-state index in [0.717, 1.165) is 63.4 Å². The van der Waals surface area contributed by atoms with E-state index in [4.69, 9.17) is 15.2 Å². The molecule has 2 fully saturated rings. The van der Waals surface area contributed by atoms with E-state index in [1.165, 1.54) is 0 Å². The Kier molecular flexibility index (Phi) is 3.87. The van der Waals surface area contributed by atoms with Gasteiger partial charge in [-0.25, -0.2) is 0 Å². The van der Waals surface area contributed by atoms with Gasteiger partial charge in [-0.15, -0.1) is 0 Å². The van der Waals surface area contributed by atoms with Gasteiger partial charge in [0.2, 0.25) is 0 Å². The monoisotopic (exact) mass is 317 g/mol. The number of nitrogens with zero attached hydrogens (tertiary/aromatic N) is 2. The number of amides is 1. The number of ether oxygens (including phenoxy) is 2. The summed E-state index contributed by atoms with van der Waals surface area (Å²) in [6.07, 6.45) is 1.81. The van der Waals surface area contributed by atoms with Gasteiger partial charge in [-0.1, -0.05) is 0 Å². The van der Waals surface area contributed by atoms with Gasteiger partial charge >= 0.3 is 0 Å². The van der Waals surface area contributed by atoms with Gasteiger partial charge in [0.05, 0.1) is 25.5 Å². The molecule has 1 atom stereocenters. The van der Waals surface area contributed by atoms with Crippen molar-refractivity contribution in [1.82, 2.24) is 9.80 Å². The Bertz CT molecular complexity index is 613. The fraction of sp³-hybridized carbons (Fsp3) is 0.588. The van der Waals surface area contributed by atoms with Gasteiger partial charge in [0.15, 0.2) is 0 Å². The molecule has 0 aromatic heterocycles. The predicted octanol–water partition coefficient (Wildman–Crippen LogP) is 0.750. The normalized spacial score (nSPS) is 24.5. The van der Waals surface area contributed by atoms with Crippen LogP contribution in [0.25, 0.3) is 0 Å². The number of nitrogens with two attached hydrogens (primary N) is 1. The van der Waals surface area contributed by atoms with Gasteiger partial charge in [0, 0.05) is 49.8 Å². The van der Waals surface area contributed by atoms with Crippen LogP contribution in [-0.4, -0.2) is 67.7 Å². The van der Waals surface area contributed by atoms with E-state index in [1.54, 1.807) is 6.07 Å². The Morgan fingerprint density at radius 2 is 2.00 bits per heavy atom. The van der Waals surface area contributed by atoms with Crippen LogP contribution in [-0.2, 0) is 11.2 Å². The lowest BCUT2D eigenvalue weighted by atomic mass is 10.0. The van der Waals surface area contributed by atoms with Gasteiger partial charge in [-0.2, -0.15) is 0 Å². The maximum absolute atomic E-state index is 12.9. The van der Waals surface area contributed by atoms with Crippen molar-refractivity contribution in [2.24, 2.45) is 0 Å². The van der Waals surface area contributed by atoms with Crippen molar-refractivity contribution in [3.05, 3.63) is 23.3 Å². The molecule has 1 aromatic carbocycles. The van der Waals surface area contributed by atoms with Crippen molar-refractivity contribution in [2.75, 3.05) is 51.7 Å². The average Bonchev–Trinajstić information content (AvgIpc) is 3.25. The predicted molar refractivity (Wildman–Crippen MR) is 86.8 cm³/mol. The van der Waals surface area contributed by atoms with Crippen LogP contribution >= 0.6 is 0 Å². The van der Waals surface area contributed by atoms with E-state index in [9.17, 15) is 4.79 Å². The molecular formula is C17H23N3O3. The first kappa shape index (κ1) is 14.8. The Labute approximate surface area is 136 Å². The van der Waals surface area contributed by atoms with Crippen LogP contribution in [0.15, 0.2) is 12.1 Å². The number of likely N-dealkylation sites (tertiary alicyclic amines) is 1. The number of carbonyl (C=O) groups excluding carboxylic acids is 1. The second-order valence-corrected chi connectivity index (χ2v) is 6.45. The van der Waals surface area contributed by atoms with E-state index in [0.29, 0.717) is 24.1 Å². The van der Waals surface area contributed by atoms with E-state index in [-0.39, 0.29) is 5.91 Å². The van der Waals surface area contributed by atoms with Gasteiger partial charge in [0.1, 0.15) is 5.75 Å². The molecule has 0 spiro atoms. The number of nitrogen functional groups attached to an aromatic ring is 1. The molecule has 6 heteroatoms. The summed E-state index contributed by atoms with van der Waals surface area (Å²) in [7, 11) is 0. The molecule has 1 aromatic rings. The Morgan fingerprint density at radius 3 is 2.83 bits per heavy atom. The molecule has 3 heterocycles. The first-order valence-electron chi connectivity index (χ1n) is 8.39. The Hall–Kier alpha value is -1.79. The minimum Gasteiger partial charge on any atom is -0.491 e. The number of morpholine rings is 1. The zero-order chi connectivity index (χ0) is 15.8. The molecule has 1 amide bonds. The quantitative estimate of drug-likeness (QED) is 0.815. The van der Waals surface area contributed by atoms with E-state index < -0.39 is 0 Å². The number of hydrogen-bond acceptors (Lipinski definition) is 5. The van der Waals surface area contributed by atoms with Crippen LogP contribution in [0.2, 0.25) is 0 Å². The molecule has 124 valence electrons. The minimum atomic E-state index is 0.113. The second-order valence-electron chi connectivity index (χ2n) is 6.45. The number of benzene rings is 1. The fourth-order valence-corrected chi connectivity index (χ4v) is 3.86. The zero-order valence-corrected chi connectivity index (χ0v) is 13.3. The standard InChI is InChI=1S/C17H23N3O3/c18-15-2-1-14(13-4-8-23-16(13)15)17(21)20-5-3-12(11-20)19-6-9-22-10-7-19/h1-2,12H,3-11,18H2.